The van der Waals surface area contributed by atoms with Crippen LogP contribution >= 0.6 is 11.6 Å². The maximum atomic E-state index is 12.6. The lowest BCUT2D eigenvalue weighted by Gasteiger charge is -2.12. The molecule has 0 aliphatic carbocycles. The molecule has 138 valence electrons. The number of nitrogens with zero attached hydrogens (tertiary/aromatic N) is 2. The number of amides is 2. The first-order chi connectivity index (χ1) is 12.6. The van der Waals surface area contributed by atoms with Crippen LogP contribution in [0.4, 0.5) is 10.6 Å². The highest BCUT2D eigenvalue weighted by atomic mass is 35.5. The maximum Gasteiger partial charge on any atom is 0.320 e. The number of rotatable bonds is 5. The fourth-order valence-electron chi connectivity index (χ4n) is 2.67. The van der Waals surface area contributed by atoms with E-state index in [0.29, 0.717) is 29.6 Å². The van der Waals surface area contributed by atoms with Crippen LogP contribution in [0.25, 0.3) is 5.69 Å². The lowest BCUT2D eigenvalue weighted by Crippen LogP contribution is -2.37. The summed E-state index contributed by atoms with van der Waals surface area (Å²) in [4.78, 5) is 28.5. The van der Waals surface area contributed by atoms with Crippen LogP contribution in [0.1, 0.15) is 12.8 Å². The third kappa shape index (κ3) is 4.14. The van der Waals surface area contributed by atoms with E-state index in [1.54, 1.807) is 18.2 Å². The smallest absolute Gasteiger partial charge is 0.320 e. The molecule has 9 heteroatoms. The Labute approximate surface area is 155 Å². The van der Waals surface area contributed by atoms with Gasteiger partial charge in [-0.2, -0.15) is 0 Å². The van der Waals surface area contributed by atoms with Gasteiger partial charge in [0.1, 0.15) is 5.75 Å². The SMILES string of the molecule is COc1ccc(-n2ccnc(NC(=O)NC[C@H]3CCCO3)c2=O)cc1Cl. The lowest BCUT2D eigenvalue weighted by molar-refractivity contribution is 0.112. The molecule has 1 aliphatic heterocycles. The molecule has 0 saturated carbocycles. The van der Waals surface area contributed by atoms with Crippen LogP contribution < -0.4 is 20.9 Å². The standard InChI is InChI=1S/C17H19ClN4O4/c1-25-14-5-4-11(9-13(14)18)22-7-6-19-15(16(22)23)21-17(24)20-10-12-3-2-8-26-12/h4-7,9,12H,2-3,8,10H2,1H3,(H2,19,20,21,24)/t12-/m1/s1. The average Bonchev–Trinajstić information content (AvgIpc) is 3.15. The molecule has 0 spiro atoms. The molecule has 8 nitrogen and oxygen atoms in total. The monoisotopic (exact) mass is 378 g/mol. The van der Waals surface area contributed by atoms with Crippen LogP contribution in [0.3, 0.4) is 0 Å². The van der Waals surface area contributed by atoms with Gasteiger partial charge in [0.05, 0.1) is 23.9 Å². The molecule has 1 aromatic carbocycles. The van der Waals surface area contributed by atoms with Gasteiger partial charge in [0, 0.05) is 25.5 Å². The summed E-state index contributed by atoms with van der Waals surface area (Å²) >= 11 is 6.11. The molecule has 1 saturated heterocycles. The number of hydrogen-bond donors (Lipinski definition) is 2. The summed E-state index contributed by atoms with van der Waals surface area (Å²) in [6.07, 6.45) is 4.84. The van der Waals surface area contributed by atoms with Crippen molar-refractivity contribution in [1.29, 1.82) is 0 Å². The summed E-state index contributed by atoms with van der Waals surface area (Å²) in [5, 5.41) is 5.53. The van der Waals surface area contributed by atoms with Crippen LogP contribution in [0.5, 0.6) is 5.75 Å². The van der Waals surface area contributed by atoms with Crippen LogP contribution in [0.15, 0.2) is 35.4 Å². The van der Waals surface area contributed by atoms with Gasteiger partial charge in [0.15, 0.2) is 0 Å². The molecule has 1 aliphatic rings. The molecule has 1 atom stereocenters. The van der Waals surface area contributed by atoms with Gasteiger partial charge in [-0.25, -0.2) is 9.78 Å². The Morgan fingerprint density at radius 2 is 2.35 bits per heavy atom. The van der Waals surface area contributed by atoms with Gasteiger partial charge in [-0.15, -0.1) is 0 Å². The Balaban J connectivity index is 1.73. The highest BCUT2D eigenvalue weighted by molar-refractivity contribution is 6.32. The van der Waals surface area contributed by atoms with E-state index in [2.05, 4.69) is 15.6 Å². The first-order valence-corrected chi connectivity index (χ1v) is 8.54. The number of halogens is 1. The number of urea groups is 1. The Hall–Kier alpha value is -2.58. The molecule has 2 aromatic rings. The second kappa shape index (κ2) is 8.20. The molecule has 2 amide bonds. The zero-order chi connectivity index (χ0) is 18.5. The summed E-state index contributed by atoms with van der Waals surface area (Å²) in [5.74, 6) is 0.425. The van der Waals surface area contributed by atoms with Crippen molar-refractivity contribution in [2.45, 2.75) is 18.9 Å². The van der Waals surface area contributed by atoms with Crippen LogP contribution in [-0.2, 0) is 4.74 Å². The molecular weight excluding hydrogens is 360 g/mol. The minimum Gasteiger partial charge on any atom is -0.495 e. The largest absolute Gasteiger partial charge is 0.495 e. The minimum atomic E-state index is -0.504. The van der Waals surface area contributed by atoms with E-state index >= 15 is 0 Å². The fraction of sp³-hybridized carbons (Fsp3) is 0.353. The Kier molecular flexibility index (Phi) is 5.75. The minimum absolute atomic E-state index is 0.0163. The van der Waals surface area contributed by atoms with E-state index in [0.717, 1.165) is 12.8 Å². The quantitative estimate of drug-likeness (QED) is 0.831. The number of carbonyl (C=O) groups excluding carboxylic acids is 1. The highest BCUT2D eigenvalue weighted by Crippen LogP contribution is 2.26. The predicted octanol–water partition coefficient (Wildman–Crippen LogP) is 2.20. The van der Waals surface area contributed by atoms with Crippen molar-refractivity contribution in [3.05, 3.63) is 46.0 Å². The predicted molar refractivity (Wildman–Crippen MR) is 97.4 cm³/mol. The Morgan fingerprint density at radius 3 is 3.04 bits per heavy atom. The number of benzene rings is 1. The van der Waals surface area contributed by atoms with Crippen molar-refractivity contribution >= 4 is 23.4 Å². The van der Waals surface area contributed by atoms with Crippen molar-refractivity contribution in [1.82, 2.24) is 14.9 Å². The van der Waals surface area contributed by atoms with Gasteiger partial charge >= 0.3 is 6.03 Å². The second-order valence-corrected chi connectivity index (χ2v) is 6.15. The van der Waals surface area contributed by atoms with Crippen molar-refractivity contribution < 1.29 is 14.3 Å². The normalized spacial score (nSPS) is 16.3. The average molecular weight is 379 g/mol. The summed E-state index contributed by atoms with van der Waals surface area (Å²) in [5.41, 5.74) is 0.0620. The van der Waals surface area contributed by atoms with Crippen LogP contribution in [-0.4, -0.2) is 41.9 Å². The number of aromatic nitrogens is 2. The molecule has 2 heterocycles. The molecule has 26 heavy (non-hydrogen) atoms. The van der Waals surface area contributed by atoms with E-state index in [4.69, 9.17) is 21.1 Å². The molecule has 3 rings (SSSR count). The van der Waals surface area contributed by atoms with Crippen molar-refractivity contribution in [2.75, 3.05) is 25.6 Å². The number of methoxy groups -OCH3 is 1. The number of hydrogen-bond acceptors (Lipinski definition) is 5. The number of carbonyl (C=O) groups is 1. The number of nitrogens with one attached hydrogen (secondary N) is 2. The molecule has 0 unspecified atom stereocenters. The zero-order valence-electron chi connectivity index (χ0n) is 14.2. The van der Waals surface area contributed by atoms with Gasteiger partial charge in [-0.05, 0) is 31.0 Å². The topological polar surface area (TPSA) is 94.5 Å². The summed E-state index contributed by atoms with van der Waals surface area (Å²) < 4.78 is 11.9. The maximum absolute atomic E-state index is 12.6. The molecular formula is C17H19ClN4O4. The fourth-order valence-corrected chi connectivity index (χ4v) is 2.92. The molecule has 2 N–H and O–H groups in total. The lowest BCUT2D eigenvalue weighted by atomic mass is 10.2. The number of anilines is 1. The van der Waals surface area contributed by atoms with Crippen LogP contribution in [0, 0.1) is 0 Å². The van der Waals surface area contributed by atoms with E-state index in [9.17, 15) is 9.59 Å². The van der Waals surface area contributed by atoms with Crippen molar-refractivity contribution in [3.8, 4) is 11.4 Å². The summed E-state index contributed by atoms with van der Waals surface area (Å²) in [6, 6.07) is 4.44. The van der Waals surface area contributed by atoms with Crippen molar-refractivity contribution in [2.24, 2.45) is 0 Å². The van der Waals surface area contributed by atoms with Gasteiger partial charge in [-0.1, -0.05) is 11.6 Å². The Bertz CT molecular complexity index is 849. The van der Waals surface area contributed by atoms with Crippen molar-refractivity contribution in [3.63, 3.8) is 0 Å². The Morgan fingerprint density at radius 1 is 1.50 bits per heavy atom. The van der Waals surface area contributed by atoms with Gasteiger partial charge < -0.3 is 14.8 Å². The summed E-state index contributed by atoms with van der Waals surface area (Å²) in [6.45, 7) is 1.10. The molecule has 0 radical (unpaired) electrons. The summed E-state index contributed by atoms with van der Waals surface area (Å²) in [7, 11) is 1.51. The number of ether oxygens (including phenoxy) is 2. The van der Waals surface area contributed by atoms with E-state index in [1.165, 1.54) is 24.1 Å². The molecule has 0 bridgehead atoms. The first kappa shape index (κ1) is 18.2. The van der Waals surface area contributed by atoms with E-state index in [-0.39, 0.29) is 11.9 Å². The molecule has 1 aromatic heterocycles. The highest BCUT2D eigenvalue weighted by Gasteiger charge is 2.17. The van der Waals surface area contributed by atoms with Crippen LogP contribution in [0.2, 0.25) is 5.02 Å². The first-order valence-electron chi connectivity index (χ1n) is 8.16. The van der Waals surface area contributed by atoms with Gasteiger partial charge in [0.25, 0.3) is 5.56 Å². The van der Waals surface area contributed by atoms with E-state index < -0.39 is 11.6 Å². The second-order valence-electron chi connectivity index (χ2n) is 5.74. The zero-order valence-corrected chi connectivity index (χ0v) is 15.0. The third-order valence-corrected chi connectivity index (χ3v) is 4.30. The third-order valence-electron chi connectivity index (χ3n) is 4.00. The van der Waals surface area contributed by atoms with Gasteiger partial charge in [0.2, 0.25) is 5.82 Å². The molecule has 1 fully saturated rings. The van der Waals surface area contributed by atoms with Gasteiger partial charge in [-0.3, -0.25) is 14.7 Å². The van der Waals surface area contributed by atoms with E-state index in [1.807, 2.05) is 0 Å².